The molecule has 0 fully saturated rings. The van der Waals surface area contributed by atoms with Gasteiger partial charge < -0.3 is 5.32 Å². The smallest absolute Gasteiger partial charge is 0.161 e. The maximum atomic E-state index is 12.9. The summed E-state index contributed by atoms with van der Waals surface area (Å²) in [5.74, 6) is -2.85. The lowest BCUT2D eigenvalue weighted by Crippen LogP contribution is -2.11. The van der Waals surface area contributed by atoms with Crippen LogP contribution in [0.3, 0.4) is 0 Å². The summed E-state index contributed by atoms with van der Waals surface area (Å²) >= 11 is 0. The summed E-state index contributed by atoms with van der Waals surface area (Å²) < 4.78 is 38.0. The number of nitrogens with one attached hydrogen (secondary N) is 1. The summed E-state index contributed by atoms with van der Waals surface area (Å²) in [5.41, 5.74) is 0.188. The van der Waals surface area contributed by atoms with E-state index >= 15 is 0 Å². The van der Waals surface area contributed by atoms with Gasteiger partial charge in [0.25, 0.3) is 0 Å². The molecule has 0 heterocycles. The monoisotopic (exact) mass is 189 g/mol. The molecule has 0 radical (unpaired) electrons. The first-order valence-corrected chi connectivity index (χ1v) is 3.93. The molecule has 0 aliphatic carbocycles. The fourth-order valence-electron chi connectivity index (χ4n) is 1.02. The van der Waals surface area contributed by atoms with Crippen molar-refractivity contribution in [1.82, 2.24) is 5.32 Å². The van der Waals surface area contributed by atoms with Gasteiger partial charge in [-0.05, 0) is 31.6 Å². The first kappa shape index (κ1) is 10.1. The van der Waals surface area contributed by atoms with Gasteiger partial charge in [-0.15, -0.1) is 0 Å². The van der Waals surface area contributed by atoms with Crippen LogP contribution in [0.25, 0.3) is 0 Å². The van der Waals surface area contributed by atoms with Crippen LogP contribution in [0.5, 0.6) is 0 Å². The Bertz CT molecular complexity index is 299. The molecule has 0 spiro atoms. The number of likely N-dealkylation sites (N-methyl/N-ethyl adjacent to an activating group) is 1. The second-order valence-electron chi connectivity index (χ2n) is 2.71. The van der Waals surface area contributed by atoms with Crippen molar-refractivity contribution in [2.24, 2.45) is 0 Å². The van der Waals surface area contributed by atoms with E-state index in [2.05, 4.69) is 5.32 Å². The minimum atomic E-state index is -1.15. The SMILES string of the molecule is CNCCc1cc(F)c(F)cc1F. The van der Waals surface area contributed by atoms with Gasteiger partial charge in [0.15, 0.2) is 11.6 Å². The second-order valence-corrected chi connectivity index (χ2v) is 2.71. The van der Waals surface area contributed by atoms with Crippen molar-refractivity contribution < 1.29 is 13.2 Å². The average Bonchev–Trinajstić information content (AvgIpc) is 2.09. The topological polar surface area (TPSA) is 12.0 Å². The minimum Gasteiger partial charge on any atom is -0.319 e. The van der Waals surface area contributed by atoms with Crippen LogP contribution < -0.4 is 5.32 Å². The molecule has 4 heteroatoms. The Morgan fingerprint density at radius 3 is 2.31 bits per heavy atom. The van der Waals surface area contributed by atoms with Gasteiger partial charge in [0, 0.05) is 6.07 Å². The molecular formula is C9H10F3N. The molecule has 0 atom stereocenters. The average molecular weight is 189 g/mol. The van der Waals surface area contributed by atoms with Gasteiger partial charge in [-0.3, -0.25) is 0 Å². The Morgan fingerprint density at radius 2 is 1.69 bits per heavy atom. The quantitative estimate of drug-likeness (QED) is 0.716. The van der Waals surface area contributed by atoms with Crippen molar-refractivity contribution in [2.45, 2.75) is 6.42 Å². The molecule has 1 N–H and O–H groups in total. The highest BCUT2D eigenvalue weighted by Crippen LogP contribution is 2.13. The van der Waals surface area contributed by atoms with Crippen LogP contribution in [-0.2, 0) is 6.42 Å². The Labute approximate surface area is 74.6 Å². The molecule has 1 aromatic carbocycles. The highest BCUT2D eigenvalue weighted by Gasteiger charge is 2.08. The fourth-order valence-corrected chi connectivity index (χ4v) is 1.02. The van der Waals surface area contributed by atoms with Crippen LogP contribution in [0.2, 0.25) is 0 Å². The zero-order chi connectivity index (χ0) is 9.84. The molecule has 0 saturated carbocycles. The van der Waals surface area contributed by atoms with E-state index < -0.39 is 17.5 Å². The predicted octanol–water partition coefficient (Wildman–Crippen LogP) is 1.87. The summed E-state index contributed by atoms with van der Waals surface area (Å²) in [6.45, 7) is 0.530. The zero-order valence-corrected chi connectivity index (χ0v) is 7.20. The van der Waals surface area contributed by atoms with Crippen molar-refractivity contribution >= 4 is 0 Å². The summed E-state index contributed by atoms with van der Waals surface area (Å²) in [6.07, 6.45) is 0.347. The highest BCUT2D eigenvalue weighted by atomic mass is 19.2. The highest BCUT2D eigenvalue weighted by molar-refractivity contribution is 5.20. The normalized spacial score (nSPS) is 10.5. The van der Waals surface area contributed by atoms with E-state index in [9.17, 15) is 13.2 Å². The molecule has 0 bridgehead atoms. The molecule has 0 aliphatic heterocycles. The van der Waals surface area contributed by atoms with Crippen molar-refractivity contribution in [3.63, 3.8) is 0 Å². The summed E-state index contributed by atoms with van der Waals surface area (Å²) in [6, 6.07) is 1.46. The molecule has 1 rings (SSSR count). The lowest BCUT2D eigenvalue weighted by Gasteiger charge is -2.03. The molecule has 0 unspecified atom stereocenters. The molecule has 72 valence electrons. The Morgan fingerprint density at radius 1 is 1.08 bits per heavy atom. The Hall–Kier alpha value is -1.03. The van der Waals surface area contributed by atoms with Gasteiger partial charge in [-0.2, -0.15) is 0 Å². The van der Waals surface area contributed by atoms with Gasteiger partial charge in [-0.25, -0.2) is 13.2 Å². The van der Waals surface area contributed by atoms with Crippen LogP contribution in [-0.4, -0.2) is 13.6 Å². The maximum Gasteiger partial charge on any atom is 0.161 e. The lowest BCUT2D eigenvalue weighted by atomic mass is 10.1. The number of hydrogen-bond donors (Lipinski definition) is 1. The first-order valence-electron chi connectivity index (χ1n) is 3.93. The zero-order valence-electron chi connectivity index (χ0n) is 7.20. The Balaban J connectivity index is 2.88. The Kier molecular flexibility index (Phi) is 3.31. The van der Waals surface area contributed by atoms with E-state index in [0.29, 0.717) is 19.0 Å². The number of hydrogen-bond acceptors (Lipinski definition) is 1. The molecule has 1 nitrogen and oxygen atoms in total. The molecule has 0 aliphatic rings. The molecule has 0 aromatic heterocycles. The molecule has 0 amide bonds. The van der Waals surface area contributed by atoms with Crippen LogP contribution in [0.4, 0.5) is 13.2 Å². The van der Waals surface area contributed by atoms with Crippen molar-refractivity contribution in [1.29, 1.82) is 0 Å². The third-order valence-electron chi connectivity index (χ3n) is 1.73. The third-order valence-corrected chi connectivity index (χ3v) is 1.73. The summed E-state index contributed by atoms with van der Waals surface area (Å²) in [7, 11) is 1.71. The molecule has 0 saturated heterocycles. The molecular weight excluding hydrogens is 179 g/mol. The van der Waals surface area contributed by atoms with Crippen molar-refractivity contribution in [2.75, 3.05) is 13.6 Å². The van der Waals surface area contributed by atoms with Gasteiger partial charge in [-0.1, -0.05) is 0 Å². The minimum absolute atomic E-state index is 0.188. The van der Waals surface area contributed by atoms with E-state index in [1.807, 2.05) is 0 Å². The second kappa shape index (κ2) is 4.28. The van der Waals surface area contributed by atoms with E-state index in [-0.39, 0.29) is 5.56 Å². The van der Waals surface area contributed by atoms with Crippen LogP contribution >= 0.6 is 0 Å². The van der Waals surface area contributed by atoms with E-state index in [0.717, 1.165) is 6.07 Å². The number of benzene rings is 1. The summed E-state index contributed by atoms with van der Waals surface area (Å²) in [4.78, 5) is 0. The van der Waals surface area contributed by atoms with E-state index in [4.69, 9.17) is 0 Å². The van der Waals surface area contributed by atoms with Crippen LogP contribution in [0.15, 0.2) is 12.1 Å². The lowest BCUT2D eigenvalue weighted by molar-refractivity contribution is 0.489. The summed E-state index contributed by atoms with van der Waals surface area (Å²) in [5, 5.41) is 2.79. The van der Waals surface area contributed by atoms with E-state index in [1.165, 1.54) is 0 Å². The van der Waals surface area contributed by atoms with E-state index in [1.54, 1.807) is 7.05 Å². The number of halogens is 3. The predicted molar refractivity (Wildman–Crippen MR) is 43.9 cm³/mol. The standard InChI is InChI=1S/C9H10F3N/c1-13-3-2-6-4-8(11)9(12)5-7(6)10/h4-5,13H,2-3H2,1H3. The van der Waals surface area contributed by atoms with Crippen molar-refractivity contribution in [3.05, 3.63) is 35.1 Å². The molecule has 1 aromatic rings. The largest absolute Gasteiger partial charge is 0.319 e. The fraction of sp³-hybridized carbons (Fsp3) is 0.333. The van der Waals surface area contributed by atoms with Crippen LogP contribution in [0, 0.1) is 17.5 Å². The maximum absolute atomic E-state index is 12.9. The van der Waals surface area contributed by atoms with Crippen molar-refractivity contribution in [3.8, 4) is 0 Å². The third kappa shape index (κ3) is 2.45. The van der Waals surface area contributed by atoms with Gasteiger partial charge in [0.05, 0.1) is 0 Å². The van der Waals surface area contributed by atoms with Gasteiger partial charge >= 0.3 is 0 Å². The van der Waals surface area contributed by atoms with Gasteiger partial charge in [0.2, 0.25) is 0 Å². The number of rotatable bonds is 3. The van der Waals surface area contributed by atoms with Gasteiger partial charge in [0.1, 0.15) is 5.82 Å². The first-order chi connectivity index (χ1) is 6.15. The van der Waals surface area contributed by atoms with Crippen LogP contribution in [0.1, 0.15) is 5.56 Å². The molecule has 13 heavy (non-hydrogen) atoms.